The molecule has 0 saturated heterocycles. The molecule has 23 heavy (non-hydrogen) atoms. The summed E-state index contributed by atoms with van der Waals surface area (Å²) in [5.41, 5.74) is 1.61. The molecule has 0 saturated carbocycles. The molecule has 4 aromatic rings. The molecule has 0 N–H and O–H groups in total. The second kappa shape index (κ2) is 5.06. The van der Waals surface area contributed by atoms with Crippen molar-refractivity contribution in [1.82, 2.24) is 19.2 Å². The Morgan fingerprint density at radius 1 is 1.39 bits per heavy atom. The summed E-state index contributed by atoms with van der Waals surface area (Å²) in [6, 6.07) is 3.57. The number of aromatic nitrogens is 4. The molecular formula is C16H16N4O2S. The third-order valence-electron chi connectivity index (χ3n) is 3.82. The van der Waals surface area contributed by atoms with Crippen LogP contribution in [0.15, 0.2) is 33.0 Å². The Labute approximate surface area is 136 Å². The number of thiophene rings is 1. The molecular weight excluding hydrogens is 312 g/mol. The van der Waals surface area contributed by atoms with E-state index >= 15 is 0 Å². The van der Waals surface area contributed by atoms with Crippen LogP contribution in [0.2, 0.25) is 0 Å². The van der Waals surface area contributed by atoms with Crippen LogP contribution in [0.3, 0.4) is 0 Å². The Bertz CT molecular complexity index is 1050. The Hall–Kier alpha value is -2.41. The van der Waals surface area contributed by atoms with Crippen molar-refractivity contribution in [3.8, 4) is 11.6 Å². The molecule has 4 rings (SSSR count). The zero-order valence-electron chi connectivity index (χ0n) is 13.1. The monoisotopic (exact) mass is 328 g/mol. The van der Waals surface area contributed by atoms with Crippen molar-refractivity contribution in [2.75, 3.05) is 0 Å². The number of hydrogen-bond acceptors (Lipinski definition) is 5. The lowest BCUT2D eigenvalue weighted by Crippen LogP contribution is -2.25. The van der Waals surface area contributed by atoms with Crippen LogP contribution in [0.25, 0.3) is 27.4 Å². The zero-order valence-corrected chi connectivity index (χ0v) is 13.9. The van der Waals surface area contributed by atoms with E-state index in [1.807, 2.05) is 0 Å². The van der Waals surface area contributed by atoms with Gasteiger partial charge in [0.2, 0.25) is 5.82 Å². The Kier molecular flexibility index (Phi) is 3.12. The third-order valence-corrected chi connectivity index (χ3v) is 4.92. The molecule has 7 heteroatoms. The van der Waals surface area contributed by atoms with Crippen LogP contribution >= 0.6 is 11.3 Å². The molecule has 0 aliphatic heterocycles. The molecule has 0 unspecified atom stereocenters. The number of aryl methyl sites for hydroxylation is 1. The van der Waals surface area contributed by atoms with Crippen LogP contribution in [-0.2, 0) is 13.5 Å². The largest absolute Gasteiger partial charge is 0.461 e. The third kappa shape index (κ3) is 2.11. The summed E-state index contributed by atoms with van der Waals surface area (Å²) in [5.74, 6) is 1.52. The first-order valence-electron chi connectivity index (χ1n) is 7.46. The lowest BCUT2D eigenvalue weighted by atomic mass is 10.0. The molecule has 0 bridgehead atoms. The van der Waals surface area contributed by atoms with E-state index in [0.29, 0.717) is 23.1 Å². The van der Waals surface area contributed by atoms with Gasteiger partial charge >= 0.3 is 5.69 Å². The summed E-state index contributed by atoms with van der Waals surface area (Å²) in [6.45, 7) is 4.36. The molecule has 6 nitrogen and oxygen atoms in total. The van der Waals surface area contributed by atoms with E-state index in [4.69, 9.17) is 4.42 Å². The lowest BCUT2D eigenvalue weighted by Gasteiger charge is -2.05. The maximum atomic E-state index is 12.6. The van der Waals surface area contributed by atoms with Crippen LogP contribution < -0.4 is 5.69 Å². The van der Waals surface area contributed by atoms with Gasteiger partial charge in [-0.1, -0.05) is 13.8 Å². The molecule has 0 aliphatic rings. The summed E-state index contributed by atoms with van der Waals surface area (Å²) in [7, 11) is 1.77. The molecule has 0 spiro atoms. The number of fused-ring (bicyclic) bond motifs is 3. The molecule has 0 aliphatic carbocycles. The average molecular weight is 328 g/mol. The quantitative estimate of drug-likeness (QED) is 0.579. The summed E-state index contributed by atoms with van der Waals surface area (Å²) >= 11 is 1.58. The number of hydrogen-bond donors (Lipinski definition) is 0. The van der Waals surface area contributed by atoms with E-state index in [0.717, 1.165) is 16.6 Å². The lowest BCUT2D eigenvalue weighted by molar-refractivity contribution is 0.577. The van der Waals surface area contributed by atoms with E-state index in [1.165, 1.54) is 10.1 Å². The number of furan rings is 1. The molecule has 0 amide bonds. The van der Waals surface area contributed by atoms with Gasteiger partial charge in [-0.25, -0.2) is 9.78 Å². The van der Waals surface area contributed by atoms with Crippen molar-refractivity contribution < 1.29 is 4.42 Å². The highest BCUT2D eigenvalue weighted by Gasteiger charge is 2.19. The van der Waals surface area contributed by atoms with Gasteiger partial charge in [0.25, 0.3) is 0 Å². The first-order chi connectivity index (χ1) is 11.1. The van der Waals surface area contributed by atoms with E-state index < -0.39 is 0 Å². The van der Waals surface area contributed by atoms with Gasteiger partial charge in [0.1, 0.15) is 4.83 Å². The van der Waals surface area contributed by atoms with Gasteiger partial charge in [-0.05, 0) is 35.4 Å². The minimum atomic E-state index is -0.198. The molecule has 4 aromatic heterocycles. The summed E-state index contributed by atoms with van der Waals surface area (Å²) in [4.78, 5) is 18.1. The smallest absolute Gasteiger partial charge is 0.351 e. The first kappa shape index (κ1) is 14.2. The normalized spacial score (nSPS) is 12.0. The minimum absolute atomic E-state index is 0.198. The van der Waals surface area contributed by atoms with Gasteiger partial charge in [-0.2, -0.15) is 4.52 Å². The zero-order chi connectivity index (χ0) is 16.1. The average Bonchev–Trinajstić information content (AvgIpc) is 3.22. The van der Waals surface area contributed by atoms with Crippen LogP contribution in [0.4, 0.5) is 0 Å². The van der Waals surface area contributed by atoms with Crippen molar-refractivity contribution >= 4 is 27.2 Å². The molecule has 0 fully saturated rings. The highest BCUT2D eigenvalue weighted by Crippen LogP contribution is 2.30. The fraction of sp³-hybridized carbons (Fsp3) is 0.312. The van der Waals surface area contributed by atoms with E-state index in [-0.39, 0.29) is 5.69 Å². The summed E-state index contributed by atoms with van der Waals surface area (Å²) in [5, 5.41) is 7.48. The number of rotatable bonds is 3. The highest BCUT2D eigenvalue weighted by atomic mass is 32.1. The molecule has 0 aromatic carbocycles. The first-order valence-corrected chi connectivity index (χ1v) is 8.34. The van der Waals surface area contributed by atoms with Gasteiger partial charge < -0.3 is 4.42 Å². The number of nitrogens with zero attached hydrogens (tertiary/aromatic N) is 4. The van der Waals surface area contributed by atoms with Crippen molar-refractivity contribution in [2.24, 2.45) is 13.0 Å². The topological polar surface area (TPSA) is 65.3 Å². The fourth-order valence-corrected chi connectivity index (χ4v) is 3.85. The molecule has 0 atom stereocenters. The van der Waals surface area contributed by atoms with E-state index in [2.05, 4.69) is 29.3 Å². The van der Waals surface area contributed by atoms with E-state index in [1.54, 1.807) is 41.3 Å². The van der Waals surface area contributed by atoms with E-state index in [9.17, 15) is 4.79 Å². The molecule has 4 heterocycles. The fourth-order valence-electron chi connectivity index (χ4n) is 2.80. The van der Waals surface area contributed by atoms with Gasteiger partial charge in [0.15, 0.2) is 11.4 Å². The standard InChI is InChI=1S/C16H16N4O2S/c1-9(2)7-10-8-23-15-12(10)14-17-13(11-5-4-6-22-11)18-20(14)16(21)19(15)3/h4-6,8-9H,7H2,1-3H3. The van der Waals surface area contributed by atoms with Crippen LogP contribution in [0.5, 0.6) is 0 Å². The molecule has 0 radical (unpaired) electrons. The second-order valence-electron chi connectivity index (χ2n) is 6.03. The molecule has 118 valence electrons. The predicted molar refractivity (Wildman–Crippen MR) is 89.9 cm³/mol. The van der Waals surface area contributed by atoms with Crippen LogP contribution in [-0.4, -0.2) is 19.2 Å². The summed E-state index contributed by atoms with van der Waals surface area (Å²) in [6.07, 6.45) is 2.51. The Balaban J connectivity index is 2.09. The SMILES string of the molecule is CC(C)Cc1csc2c1c1nc(-c3ccco3)nn1c(=O)n2C. The predicted octanol–water partition coefficient (Wildman–Crippen LogP) is 3.10. The van der Waals surface area contributed by atoms with Crippen molar-refractivity contribution in [3.05, 3.63) is 39.8 Å². The maximum absolute atomic E-state index is 12.6. The Morgan fingerprint density at radius 2 is 2.22 bits per heavy atom. The van der Waals surface area contributed by atoms with Gasteiger partial charge in [-0.15, -0.1) is 16.4 Å². The van der Waals surface area contributed by atoms with Crippen LogP contribution in [0.1, 0.15) is 19.4 Å². The van der Waals surface area contributed by atoms with Gasteiger partial charge in [0, 0.05) is 7.05 Å². The van der Waals surface area contributed by atoms with Crippen molar-refractivity contribution in [2.45, 2.75) is 20.3 Å². The Morgan fingerprint density at radius 3 is 2.91 bits per heavy atom. The highest BCUT2D eigenvalue weighted by molar-refractivity contribution is 7.17. The van der Waals surface area contributed by atoms with Crippen molar-refractivity contribution in [1.29, 1.82) is 0 Å². The van der Waals surface area contributed by atoms with Gasteiger partial charge in [-0.3, -0.25) is 4.57 Å². The summed E-state index contributed by atoms with van der Waals surface area (Å²) < 4.78 is 8.37. The van der Waals surface area contributed by atoms with Crippen LogP contribution in [0, 0.1) is 5.92 Å². The van der Waals surface area contributed by atoms with Gasteiger partial charge in [0.05, 0.1) is 11.6 Å². The maximum Gasteiger partial charge on any atom is 0.351 e. The van der Waals surface area contributed by atoms with Crippen molar-refractivity contribution in [3.63, 3.8) is 0 Å². The minimum Gasteiger partial charge on any atom is -0.461 e. The second-order valence-corrected chi connectivity index (χ2v) is 6.89.